The standard InChI is InChI=1S/C17H19N5O/c18-10-16-17(20-7-6-19-16)22-9-8-21(12-15(23)13-22)11-14-4-2-1-3-5-14/h1-7,15,23H,8-9,11-13H2/t15-/m0/s1. The van der Waals surface area contributed by atoms with E-state index in [0.29, 0.717) is 31.1 Å². The Labute approximate surface area is 135 Å². The summed E-state index contributed by atoms with van der Waals surface area (Å²) in [5, 5.41) is 19.5. The first-order valence-corrected chi connectivity index (χ1v) is 7.66. The van der Waals surface area contributed by atoms with Crippen LogP contribution in [-0.4, -0.2) is 52.3 Å². The highest BCUT2D eigenvalue weighted by Gasteiger charge is 2.24. The molecule has 0 radical (unpaired) electrons. The molecular formula is C17H19N5O. The molecule has 0 spiro atoms. The summed E-state index contributed by atoms with van der Waals surface area (Å²) in [5.74, 6) is 0.551. The van der Waals surface area contributed by atoms with E-state index in [0.717, 1.165) is 13.1 Å². The Morgan fingerprint density at radius 1 is 1.13 bits per heavy atom. The molecule has 1 fully saturated rings. The molecule has 0 amide bonds. The second-order valence-corrected chi connectivity index (χ2v) is 5.66. The van der Waals surface area contributed by atoms with Gasteiger partial charge in [-0.25, -0.2) is 9.97 Å². The minimum absolute atomic E-state index is 0.302. The van der Waals surface area contributed by atoms with Crippen molar-refractivity contribution in [1.82, 2.24) is 14.9 Å². The van der Waals surface area contributed by atoms with Gasteiger partial charge in [0.25, 0.3) is 0 Å². The third-order valence-corrected chi connectivity index (χ3v) is 3.92. The van der Waals surface area contributed by atoms with Gasteiger partial charge in [0.2, 0.25) is 0 Å². The molecule has 1 saturated heterocycles. The van der Waals surface area contributed by atoms with Crippen molar-refractivity contribution in [2.45, 2.75) is 12.6 Å². The van der Waals surface area contributed by atoms with Gasteiger partial charge >= 0.3 is 0 Å². The summed E-state index contributed by atoms with van der Waals surface area (Å²) in [5.41, 5.74) is 1.53. The molecule has 1 aromatic carbocycles. The van der Waals surface area contributed by atoms with Crippen LogP contribution in [0, 0.1) is 11.3 Å². The van der Waals surface area contributed by atoms with E-state index < -0.39 is 6.10 Å². The third kappa shape index (κ3) is 3.83. The van der Waals surface area contributed by atoms with Gasteiger partial charge in [-0.2, -0.15) is 5.26 Å². The molecule has 0 aliphatic carbocycles. The Bertz CT molecular complexity index is 685. The van der Waals surface area contributed by atoms with E-state index in [9.17, 15) is 10.4 Å². The molecule has 1 aromatic heterocycles. The molecule has 1 N–H and O–H groups in total. The summed E-state index contributed by atoms with van der Waals surface area (Å²) < 4.78 is 0. The number of benzene rings is 1. The average molecular weight is 309 g/mol. The second-order valence-electron chi connectivity index (χ2n) is 5.66. The molecule has 118 valence electrons. The Hall–Kier alpha value is -2.49. The van der Waals surface area contributed by atoms with E-state index in [-0.39, 0.29) is 0 Å². The molecule has 1 aliphatic rings. The van der Waals surface area contributed by atoms with Crippen LogP contribution >= 0.6 is 0 Å². The van der Waals surface area contributed by atoms with E-state index >= 15 is 0 Å². The van der Waals surface area contributed by atoms with Gasteiger partial charge in [-0.15, -0.1) is 0 Å². The number of hydrogen-bond acceptors (Lipinski definition) is 6. The Balaban J connectivity index is 1.72. The van der Waals surface area contributed by atoms with Crippen LogP contribution in [0.15, 0.2) is 42.7 Å². The van der Waals surface area contributed by atoms with Crippen LogP contribution in [0.4, 0.5) is 5.82 Å². The minimum Gasteiger partial charge on any atom is -0.390 e. The molecule has 2 heterocycles. The first kappa shape index (κ1) is 15.4. The van der Waals surface area contributed by atoms with Crippen molar-refractivity contribution in [1.29, 1.82) is 5.26 Å². The Morgan fingerprint density at radius 3 is 2.70 bits per heavy atom. The molecule has 6 nitrogen and oxygen atoms in total. The number of nitrogens with zero attached hydrogens (tertiary/aromatic N) is 5. The van der Waals surface area contributed by atoms with Crippen molar-refractivity contribution in [2.75, 3.05) is 31.1 Å². The van der Waals surface area contributed by atoms with Crippen LogP contribution in [-0.2, 0) is 6.54 Å². The molecule has 0 unspecified atom stereocenters. The average Bonchev–Trinajstić information content (AvgIpc) is 2.77. The summed E-state index contributed by atoms with van der Waals surface area (Å²) in [6.45, 7) is 3.37. The smallest absolute Gasteiger partial charge is 0.183 e. The zero-order valence-electron chi connectivity index (χ0n) is 12.8. The normalized spacial score (nSPS) is 19.1. The predicted molar refractivity (Wildman–Crippen MR) is 86.7 cm³/mol. The fourth-order valence-electron chi connectivity index (χ4n) is 2.87. The van der Waals surface area contributed by atoms with Crippen LogP contribution in [0.3, 0.4) is 0 Å². The van der Waals surface area contributed by atoms with Crippen LogP contribution in [0.2, 0.25) is 0 Å². The molecule has 1 aliphatic heterocycles. The summed E-state index contributed by atoms with van der Waals surface area (Å²) in [4.78, 5) is 12.5. The van der Waals surface area contributed by atoms with Crippen molar-refractivity contribution in [3.05, 3.63) is 54.0 Å². The summed E-state index contributed by atoms with van der Waals surface area (Å²) in [6.07, 6.45) is 2.60. The molecular weight excluding hydrogens is 290 g/mol. The van der Waals surface area contributed by atoms with Gasteiger partial charge in [0.15, 0.2) is 11.5 Å². The summed E-state index contributed by atoms with van der Waals surface area (Å²) in [7, 11) is 0. The molecule has 3 rings (SSSR count). The first-order chi connectivity index (χ1) is 11.3. The Morgan fingerprint density at radius 2 is 1.91 bits per heavy atom. The summed E-state index contributed by atoms with van der Waals surface area (Å²) >= 11 is 0. The quantitative estimate of drug-likeness (QED) is 0.912. The van der Waals surface area contributed by atoms with E-state index in [1.54, 1.807) is 6.20 Å². The van der Waals surface area contributed by atoms with Gasteiger partial charge in [0.1, 0.15) is 6.07 Å². The molecule has 23 heavy (non-hydrogen) atoms. The lowest BCUT2D eigenvalue weighted by molar-refractivity contribution is 0.129. The molecule has 6 heteroatoms. The number of anilines is 1. The number of hydrogen-bond donors (Lipinski definition) is 1. The molecule has 1 atom stereocenters. The number of aliphatic hydroxyl groups is 1. The number of nitriles is 1. The van der Waals surface area contributed by atoms with E-state index in [2.05, 4.69) is 33.1 Å². The maximum absolute atomic E-state index is 10.3. The highest BCUT2D eigenvalue weighted by Crippen LogP contribution is 2.17. The highest BCUT2D eigenvalue weighted by molar-refractivity contribution is 5.49. The number of rotatable bonds is 3. The van der Waals surface area contributed by atoms with Crippen molar-refractivity contribution >= 4 is 5.82 Å². The van der Waals surface area contributed by atoms with Crippen molar-refractivity contribution in [3.8, 4) is 6.07 Å². The monoisotopic (exact) mass is 309 g/mol. The van der Waals surface area contributed by atoms with Gasteiger partial charge in [-0.3, -0.25) is 4.90 Å². The minimum atomic E-state index is -0.491. The fraction of sp³-hybridized carbons (Fsp3) is 0.353. The number of β-amino-alcohol motifs (C(OH)–C–C–N with tert-alkyl or cyclic N) is 1. The zero-order chi connectivity index (χ0) is 16.1. The first-order valence-electron chi connectivity index (χ1n) is 7.66. The number of aliphatic hydroxyl groups excluding tert-OH is 1. The Kier molecular flexibility index (Phi) is 4.81. The fourth-order valence-corrected chi connectivity index (χ4v) is 2.87. The lowest BCUT2D eigenvalue weighted by atomic mass is 10.2. The van der Waals surface area contributed by atoms with Crippen LogP contribution in [0.25, 0.3) is 0 Å². The lowest BCUT2D eigenvalue weighted by Crippen LogP contribution is -2.34. The van der Waals surface area contributed by atoms with Crippen molar-refractivity contribution < 1.29 is 5.11 Å². The van der Waals surface area contributed by atoms with E-state index in [1.807, 2.05) is 23.1 Å². The molecule has 0 saturated carbocycles. The van der Waals surface area contributed by atoms with Crippen LogP contribution in [0.5, 0.6) is 0 Å². The van der Waals surface area contributed by atoms with Crippen molar-refractivity contribution in [3.63, 3.8) is 0 Å². The van der Waals surface area contributed by atoms with Gasteiger partial charge in [-0.1, -0.05) is 30.3 Å². The highest BCUT2D eigenvalue weighted by atomic mass is 16.3. The molecule has 2 aromatic rings. The van der Waals surface area contributed by atoms with E-state index in [4.69, 9.17) is 0 Å². The maximum atomic E-state index is 10.3. The van der Waals surface area contributed by atoms with Gasteiger partial charge in [0.05, 0.1) is 6.10 Å². The zero-order valence-corrected chi connectivity index (χ0v) is 12.8. The summed E-state index contributed by atoms with van der Waals surface area (Å²) in [6, 6.07) is 12.3. The topological polar surface area (TPSA) is 76.3 Å². The van der Waals surface area contributed by atoms with E-state index in [1.165, 1.54) is 11.8 Å². The lowest BCUT2D eigenvalue weighted by Gasteiger charge is -2.23. The van der Waals surface area contributed by atoms with Crippen molar-refractivity contribution in [2.24, 2.45) is 0 Å². The molecule has 0 bridgehead atoms. The maximum Gasteiger partial charge on any atom is 0.183 e. The largest absolute Gasteiger partial charge is 0.390 e. The SMILES string of the molecule is N#Cc1nccnc1N1CCN(Cc2ccccc2)C[C@H](O)C1. The van der Waals surface area contributed by atoms with Crippen LogP contribution < -0.4 is 4.90 Å². The van der Waals surface area contributed by atoms with Gasteiger partial charge in [0, 0.05) is 45.1 Å². The van der Waals surface area contributed by atoms with Gasteiger partial charge in [-0.05, 0) is 5.56 Å². The number of aromatic nitrogens is 2. The second kappa shape index (κ2) is 7.18. The van der Waals surface area contributed by atoms with Crippen LogP contribution in [0.1, 0.15) is 11.3 Å². The predicted octanol–water partition coefficient (Wildman–Crippen LogP) is 1.03. The van der Waals surface area contributed by atoms with Gasteiger partial charge < -0.3 is 10.0 Å². The third-order valence-electron chi connectivity index (χ3n) is 3.92.